The van der Waals surface area contributed by atoms with Crippen LogP contribution < -0.4 is 11.2 Å². The summed E-state index contributed by atoms with van der Waals surface area (Å²) in [5, 5.41) is 0.711. The summed E-state index contributed by atoms with van der Waals surface area (Å²) in [5.41, 5.74) is 2.92. The number of benzene rings is 2. The summed E-state index contributed by atoms with van der Waals surface area (Å²) < 4.78 is 1.92. The van der Waals surface area contributed by atoms with E-state index in [4.69, 9.17) is 11.6 Å². The second-order valence-corrected chi connectivity index (χ2v) is 7.15. The average Bonchev–Trinajstić information content (AvgIpc) is 2.69. The molecule has 2 aliphatic rings. The minimum absolute atomic E-state index is 0.187. The zero-order chi connectivity index (χ0) is 19.7. The number of hydrogen-bond donors (Lipinski definition) is 1. The van der Waals surface area contributed by atoms with Crippen molar-refractivity contribution in [3.8, 4) is 11.5 Å². The number of rotatable bonds is 5. The van der Waals surface area contributed by atoms with Gasteiger partial charge in [0.1, 0.15) is 0 Å². The number of nitrogens with one attached hydrogen (secondary N) is 1. The molecule has 0 aliphatic carbocycles. The first kappa shape index (κ1) is 18.4. The van der Waals surface area contributed by atoms with E-state index in [9.17, 15) is 9.59 Å². The molecule has 0 radical (unpaired) electrons. The smallest absolute Gasteiger partial charge is 0.322 e. The van der Waals surface area contributed by atoms with E-state index in [1.807, 2.05) is 47.0 Å². The van der Waals surface area contributed by atoms with Crippen LogP contribution in [-0.2, 0) is 19.4 Å². The quantitative estimate of drug-likeness (QED) is 0.526. The number of aryl methyl sites for hydroxylation is 3. The van der Waals surface area contributed by atoms with Crippen molar-refractivity contribution >= 4 is 22.6 Å². The van der Waals surface area contributed by atoms with Crippen molar-refractivity contribution in [2.45, 2.75) is 32.7 Å². The Kier molecular flexibility index (Phi) is 4.96. The first-order valence-corrected chi connectivity index (χ1v) is 9.61. The van der Waals surface area contributed by atoms with E-state index in [-0.39, 0.29) is 5.69 Å². The summed E-state index contributed by atoms with van der Waals surface area (Å²) in [6.45, 7) is 2.68. The van der Waals surface area contributed by atoms with Crippen molar-refractivity contribution in [3.63, 3.8) is 0 Å². The van der Waals surface area contributed by atoms with Crippen molar-refractivity contribution in [3.05, 3.63) is 79.5 Å². The van der Waals surface area contributed by atoms with Gasteiger partial charge in [0.15, 0.2) is 11.5 Å². The molecule has 0 atom stereocenters. The van der Waals surface area contributed by atoms with Gasteiger partial charge in [0.25, 0.3) is 5.56 Å². The lowest BCUT2D eigenvalue weighted by molar-refractivity contribution is 0.649. The zero-order valence-electron chi connectivity index (χ0n) is 15.4. The van der Waals surface area contributed by atoms with E-state index in [1.165, 1.54) is 5.56 Å². The van der Waals surface area contributed by atoms with E-state index in [2.05, 4.69) is 21.9 Å². The van der Waals surface area contributed by atoms with Crippen LogP contribution in [0.4, 0.5) is 0 Å². The highest BCUT2D eigenvalue weighted by molar-refractivity contribution is 6.30. The number of halogens is 1. The number of aromatic nitrogens is 4. The highest BCUT2D eigenvalue weighted by Gasteiger charge is 2.18. The van der Waals surface area contributed by atoms with Crippen LogP contribution in [0.2, 0.25) is 5.02 Å². The number of hydrogen-bond acceptors (Lipinski definition) is 4. The van der Waals surface area contributed by atoms with Crippen LogP contribution >= 0.6 is 11.6 Å². The van der Waals surface area contributed by atoms with Crippen molar-refractivity contribution in [2.24, 2.45) is 0 Å². The van der Waals surface area contributed by atoms with Crippen LogP contribution in [-0.4, -0.2) is 19.5 Å². The summed E-state index contributed by atoms with van der Waals surface area (Å²) >= 11 is 5.95. The Morgan fingerprint density at radius 2 is 1.79 bits per heavy atom. The molecule has 2 heterocycles. The Morgan fingerprint density at radius 3 is 2.54 bits per heavy atom. The van der Waals surface area contributed by atoms with Crippen molar-refractivity contribution in [1.82, 2.24) is 19.5 Å². The van der Waals surface area contributed by atoms with Gasteiger partial charge in [0, 0.05) is 11.6 Å². The first-order valence-electron chi connectivity index (χ1n) is 9.23. The number of fused-ring (bicyclic) bond motifs is 2. The molecule has 0 aromatic heterocycles. The summed E-state index contributed by atoms with van der Waals surface area (Å²) in [7, 11) is 0. The second-order valence-electron chi connectivity index (χ2n) is 6.71. The lowest BCUT2D eigenvalue weighted by Gasteiger charge is -2.17. The van der Waals surface area contributed by atoms with Crippen molar-refractivity contribution in [1.29, 1.82) is 0 Å². The van der Waals surface area contributed by atoms with Crippen LogP contribution in [0.1, 0.15) is 24.5 Å². The van der Waals surface area contributed by atoms with Crippen LogP contribution in [0.15, 0.2) is 52.1 Å². The Hall–Kier alpha value is -2.99. The summed E-state index contributed by atoms with van der Waals surface area (Å²) in [4.78, 5) is 34.8. The molecule has 28 heavy (non-hydrogen) atoms. The molecule has 0 saturated heterocycles. The minimum atomic E-state index is -0.657. The third kappa shape index (κ3) is 3.55. The SMILES string of the molecule is CCc1ccc2c(c1)nc1c(=O)[nH]c(=O)nc-1n2CCCc1ccc(Cl)cc1. The third-order valence-corrected chi connectivity index (χ3v) is 5.09. The van der Waals surface area contributed by atoms with Gasteiger partial charge >= 0.3 is 5.69 Å². The largest absolute Gasteiger partial charge is 0.349 e. The van der Waals surface area contributed by atoms with Gasteiger partial charge < -0.3 is 4.57 Å². The molecule has 2 aromatic carbocycles. The minimum Gasteiger partial charge on any atom is -0.322 e. The number of nitrogens with zero attached hydrogens (tertiary/aromatic N) is 3. The summed E-state index contributed by atoms with van der Waals surface area (Å²) in [5.74, 6) is 0.321. The molecule has 4 rings (SSSR count). The van der Waals surface area contributed by atoms with E-state index in [0.717, 1.165) is 35.9 Å². The molecule has 0 saturated carbocycles. The average molecular weight is 395 g/mol. The van der Waals surface area contributed by atoms with Crippen LogP contribution in [0, 0.1) is 0 Å². The van der Waals surface area contributed by atoms with Gasteiger partial charge in [-0.25, -0.2) is 9.78 Å². The maximum Gasteiger partial charge on any atom is 0.349 e. The Bertz CT molecular complexity index is 1230. The van der Waals surface area contributed by atoms with Crippen LogP contribution in [0.5, 0.6) is 0 Å². The predicted molar refractivity (Wildman–Crippen MR) is 110 cm³/mol. The van der Waals surface area contributed by atoms with Gasteiger partial charge in [-0.2, -0.15) is 4.98 Å². The fraction of sp³-hybridized carbons (Fsp3) is 0.238. The number of H-pyrrole nitrogens is 1. The Morgan fingerprint density at radius 1 is 1.04 bits per heavy atom. The highest BCUT2D eigenvalue weighted by Crippen LogP contribution is 2.23. The lowest BCUT2D eigenvalue weighted by atomic mass is 10.1. The fourth-order valence-corrected chi connectivity index (χ4v) is 3.51. The maximum atomic E-state index is 12.3. The molecular weight excluding hydrogens is 376 g/mol. The molecule has 0 bridgehead atoms. The highest BCUT2D eigenvalue weighted by atomic mass is 35.5. The molecule has 6 nitrogen and oxygen atoms in total. The first-order chi connectivity index (χ1) is 13.5. The zero-order valence-corrected chi connectivity index (χ0v) is 16.2. The van der Waals surface area contributed by atoms with Crippen molar-refractivity contribution < 1.29 is 0 Å². The molecular formula is C21H19ClN4O2. The predicted octanol–water partition coefficient (Wildman–Crippen LogP) is 3.43. The second kappa shape index (κ2) is 7.56. The molecule has 142 valence electrons. The van der Waals surface area contributed by atoms with Gasteiger partial charge in [-0.15, -0.1) is 0 Å². The fourth-order valence-electron chi connectivity index (χ4n) is 3.38. The lowest BCUT2D eigenvalue weighted by Crippen LogP contribution is -2.29. The van der Waals surface area contributed by atoms with E-state index in [1.54, 1.807) is 0 Å². The normalized spacial score (nSPS) is 11.4. The summed E-state index contributed by atoms with van der Waals surface area (Å²) in [6, 6.07) is 13.8. The number of aromatic amines is 1. The van der Waals surface area contributed by atoms with E-state index >= 15 is 0 Å². The monoisotopic (exact) mass is 394 g/mol. The van der Waals surface area contributed by atoms with E-state index in [0.29, 0.717) is 17.4 Å². The van der Waals surface area contributed by atoms with Crippen LogP contribution in [0.25, 0.3) is 22.6 Å². The molecule has 0 spiro atoms. The third-order valence-electron chi connectivity index (χ3n) is 4.84. The summed E-state index contributed by atoms with van der Waals surface area (Å²) in [6.07, 6.45) is 2.54. The Balaban J connectivity index is 1.78. The molecule has 1 N–H and O–H groups in total. The molecule has 2 aromatic rings. The van der Waals surface area contributed by atoms with Gasteiger partial charge in [-0.05, 0) is 54.7 Å². The topological polar surface area (TPSA) is 80.6 Å². The van der Waals surface area contributed by atoms with Gasteiger partial charge in [0.05, 0.1) is 11.0 Å². The standard InChI is InChI=1S/C21H19ClN4O2/c1-2-13-7-10-17-16(12-13)23-18-19(24-21(28)25-20(18)27)26(17)11-3-4-14-5-8-15(22)9-6-14/h5-10,12H,2-4,11H2,1H3,(H,25,27,28). The van der Waals surface area contributed by atoms with Gasteiger partial charge in [-0.3, -0.25) is 9.78 Å². The van der Waals surface area contributed by atoms with Gasteiger partial charge in [-0.1, -0.05) is 36.7 Å². The molecule has 0 unspecified atom stereocenters. The van der Waals surface area contributed by atoms with E-state index < -0.39 is 11.2 Å². The molecule has 2 aliphatic heterocycles. The molecule has 7 heteroatoms. The Labute approximate surface area is 166 Å². The van der Waals surface area contributed by atoms with Gasteiger partial charge in [0.2, 0.25) is 0 Å². The molecule has 0 amide bonds. The van der Waals surface area contributed by atoms with Crippen molar-refractivity contribution in [2.75, 3.05) is 0 Å². The maximum absolute atomic E-state index is 12.3. The van der Waals surface area contributed by atoms with Crippen LogP contribution in [0.3, 0.4) is 0 Å². The molecule has 0 fully saturated rings.